The van der Waals surface area contributed by atoms with Gasteiger partial charge < -0.3 is 4.90 Å². The van der Waals surface area contributed by atoms with Gasteiger partial charge in [0.05, 0.1) is 11.1 Å². The number of aromatic nitrogens is 5. The predicted octanol–water partition coefficient (Wildman–Crippen LogP) is 2.33. The molecule has 10 heteroatoms. The zero-order valence-electron chi connectivity index (χ0n) is 12.8. The van der Waals surface area contributed by atoms with Gasteiger partial charge in [-0.05, 0) is 24.6 Å². The first-order chi connectivity index (χ1) is 11.9. The molecule has 3 aromatic rings. The number of benzene rings is 1. The lowest BCUT2D eigenvalue weighted by Crippen LogP contribution is -2.29. The number of carbonyl (C=O) groups is 1. The molecule has 0 spiro atoms. The number of amides is 1. The third kappa shape index (κ3) is 2.73. The number of hydrogen-bond donors (Lipinski definition) is 2. The van der Waals surface area contributed by atoms with E-state index in [-0.39, 0.29) is 17.0 Å². The van der Waals surface area contributed by atoms with Crippen LogP contribution in [0, 0.1) is 0 Å². The number of alkyl halides is 3. The van der Waals surface area contributed by atoms with Crippen molar-refractivity contribution in [2.75, 3.05) is 13.1 Å². The lowest BCUT2D eigenvalue weighted by atomic mass is 10.1. The largest absolute Gasteiger partial charge is 0.416 e. The van der Waals surface area contributed by atoms with Crippen molar-refractivity contribution in [2.45, 2.75) is 18.5 Å². The fourth-order valence-corrected chi connectivity index (χ4v) is 3.08. The molecule has 1 amide bonds. The lowest BCUT2D eigenvalue weighted by molar-refractivity contribution is -0.137. The van der Waals surface area contributed by atoms with E-state index < -0.39 is 17.6 Å². The van der Waals surface area contributed by atoms with Gasteiger partial charge in [0.25, 0.3) is 5.91 Å². The Hall–Kier alpha value is -2.91. The fourth-order valence-electron chi connectivity index (χ4n) is 3.08. The second-order valence-electron chi connectivity index (χ2n) is 5.94. The van der Waals surface area contributed by atoms with Crippen LogP contribution in [0.5, 0.6) is 0 Å². The molecule has 2 N–H and O–H groups in total. The highest BCUT2D eigenvalue weighted by atomic mass is 19.4. The molecule has 1 aromatic carbocycles. The van der Waals surface area contributed by atoms with Crippen LogP contribution in [-0.4, -0.2) is 49.3 Å². The highest BCUT2D eigenvalue weighted by Crippen LogP contribution is 2.32. The summed E-state index contributed by atoms with van der Waals surface area (Å²) in [5.41, 5.74) is -0.418. The molecule has 0 radical (unpaired) electrons. The van der Waals surface area contributed by atoms with Gasteiger partial charge >= 0.3 is 6.18 Å². The minimum atomic E-state index is -4.48. The predicted molar refractivity (Wildman–Crippen MR) is 80.7 cm³/mol. The van der Waals surface area contributed by atoms with E-state index >= 15 is 0 Å². The molecule has 3 heterocycles. The van der Waals surface area contributed by atoms with Crippen LogP contribution in [0.25, 0.3) is 10.9 Å². The highest BCUT2D eigenvalue weighted by Gasteiger charge is 2.33. The Labute approximate surface area is 139 Å². The van der Waals surface area contributed by atoms with E-state index in [1.807, 2.05) is 0 Å². The topological polar surface area (TPSA) is 90.6 Å². The number of nitrogens with one attached hydrogen (secondary N) is 2. The molecule has 1 fully saturated rings. The zero-order valence-corrected chi connectivity index (χ0v) is 12.8. The molecule has 1 aliphatic rings. The summed E-state index contributed by atoms with van der Waals surface area (Å²) in [6.45, 7) is 0.902. The monoisotopic (exact) mass is 350 g/mol. The van der Waals surface area contributed by atoms with E-state index in [4.69, 9.17) is 0 Å². The fraction of sp³-hybridized carbons (Fsp3) is 0.333. The minimum absolute atomic E-state index is 0.000630. The average Bonchev–Trinajstić information content (AvgIpc) is 3.31. The summed E-state index contributed by atoms with van der Waals surface area (Å²) in [6, 6.07) is 3.20. The third-order valence-electron chi connectivity index (χ3n) is 4.39. The van der Waals surface area contributed by atoms with Gasteiger partial charge in [-0.25, -0.2) is 4.98 Å². The molecule has 1 unspecified atom stereocenters. The van der Waals surface area contributed by atoms with E-state index in [1.165, 1.54) is 12.4 Å². The van der Waals surface area contributed by atoms with Crippen LogP contribution in [0.4, 0.5) is 13.2 Å². The van der Waals surface area contributed by atoms with E-state index in [0.717, 1.165) is 12.1 Å². The second-order valence-corrected chi connectivity index (χ2v) is 5.94. The molecule has 1 saturated heterocycles. The van der Waals surface area contributed by atoms with Crippen molar-refractivity contribution in [1.29, 1.82) is 0 Å². The smallest absolute Gasteiger partial charge is 0.336 e. The third-order valence-corrected chi connectivity index (χ3v) is 4.39. The van der Waals surface area contributed by atoms with Gasteiger partial charge in [-0.2, -0.15) is 23.4 Å². The molecule has 2 aromatic heterocycles. The molecule has 1 aliphatic heterocycles. The highest BCUT2D eigenvalue weighted by molar-refractivity contribution is 6.05. The van der Waals surface area contributed by atoms with Crippen LogP contribution in [0.2, 0.25) is 0 Å². The number of hydrogen-bond acceptors (Lipinski definition) is 4. The van der Waals surface area contributed by atoms with Gasteiger partial charge in [-0.15, -0.1) is 0 Å². The molecule has 130 valence electrons. The maximum Gasteiger partial charge on any atom is 0.416 e. The van der Waals surface area contributed by atoms with Crippen molar-refractivity contribution in [3.63, 3.8) is 0 Å². The first-order valence-electron chi connectivity index (χ1n) is 7.63. The van der Waals surface area contributed by atoms with Gasteiger partial charge in [0, 0.05) is 24.4 Å². The lowest BCUT2D eigenvalue weighted by Gasteiger charge is -2.15. The Morgan fingerprint density at radius 2 is 2.12 bits per heavy atom. The molecule has 0 bridgehead atoms. The number of nitrogens with zero attached hydrogens (tertiary/aromatic N) is 4. The summed E-state index contributed by atoms with van der Waals surface area (Å²) < 4.78 is 38.8. The molecule has 0 aliphatic carbocycles. The van der Waals surface area contributed by atoms with Gasteiger partial charge in [-0.3, -0.25) is 15.0 Å². The summed E-state index contributed by atoms with van der Waals surface area (Å²) in [4.78, 5) is 18.4. The number of H-pyrrole nitrogens is 2. The van der Waals surface area contributed by atoms with Crippen molar-refractivity contribution >= 4 is 16.8 Å². The number of aromatic amines is 2. The first kappa shape index (κ1) is 15.6. The van der Waals surface area contributed by atoms with E-state index in [9.17, 15) is 18.0 Å². The van der Waals surface area contributed by atoms with E-state index in [0.29, 0.717) is 30.9 Å². The Bertz CT molecular complexity index is 917. The number of rotatable bonds is 2. The van der Waals surface area contributed by atoms with Crippen LogP contribution >= 0.6 is 0 Å². The van der Waals surface area contributed by atoms with Crippen LogP contribution < -0.4 is 0 Å². The molecular weight excluding hydrogens is 337 g/mol. The molecule has 0 saturated carbocycles. The van der Waals surface area contributed by atoms with Crippen molar-refractivity contribution in [3.05, 3.63) is 41.6 Å². The molecule has 1 atom stereocenters. The Morgan fingerprint density at radius 1 is 1.28 bits per heavy atom. The summed E-state index contributed by atoms with van der Waals surface area (Å²) in [5, 5.41) is 13.3. The normalized spacial score (nSPS) is 18.2. The van der Waals surface area contributed by atoms with Crippen LogP contribution in [-0.2, 0) is 6.18 Å². The second kappa shape index (κ2) is 5.57. The van der Waals surface area contributed by atoms with Crippen molar-refractivity contribution in [3.8, 4) is 0 Å². The van der Waals surface area contributed by atoms with Gasteiger partial charge in [0.1, 0.15) is 12.2 Å². The van der Waals surface area contributed by atoms with Gasteiger partial charge in [0.15, 0.2) is 5.69 Å². The maximum absolute atomic E-state index is 12.9. The Balaban J connectivity index is 1.62. The summed E-state index contributed by atoms with van der Waals surface area (Å²) in [7, 11) is 0. The quantitative estimate of drug-likeness (QED) is 0.742. The summed E-state index contributed by atoms with van der Waals surface area (Å²) in [5.74, 6) is 0.330. The number of likely N-dealkylation sites (tertiary alicyclic amines) is 1. The van der Waals surface area contributed by atoms with Gasteiger partial charge in [-0.1, -0.05) is 0 Å². The summed E-state index contributed by atoms with van der Waals surface area (Å²) in [6.07, 6.45) is -2.37. The standard InChI is InChI=1S/C15H13F3N6O/c16-15(17,18)9-1-2-11-10(5-9)12(22-21-11)14(25)24-4-3-8(6-24)13-19-7-20-23-13/h1-2,5,7-8H,3-4,6H2,(H,21,22)(H,19,20,23). The average molecular weight is 350 g/mol. The minimum Gasteiger partial charge on any atom is -0.336 e. The van der Waals surface area contributed by atoms with Crippen molar-refractivity contribution in [1.82, 2.24) is 30.3 Å². The first-order valence-corrected chi connectivity index (χ1v) is 7.63. The van der Waals surface area contributed by atoms with Crippen molar-refractivity contribution in [2.24, 2.45) is 0 Å². The zero-order chi connectivity index (χ0) is 17.6. The van der Waals surface area contributed by atoms with Crippen LogP contribution in [0.1, 0.15) is 34.2 Å². The van der Waals surface area contributed by atoms with Crippen molar-refractivity contribution < 1.29 is 18.0 Å². The van der Waals surface area contributed by atoms with E-state index in [2.05, 4.69) is 25.4 Å². The summed E-state index contributed by atoms with van der Waals surface area (Å²) >= 11 is 0. The van der Waals surface area contributed by atoms with Crippen LogP contribution in [0.15, 0.2) is 24.5 Å². The Morgan fingerprint density at radius 3 is 2.84 bits per heavy atom. The molecular formula is C15H13F3N6O. The number of halogens is 3. The van der Waals surface area contributed by atoms with E-state index in [1.54, 1.807) is 4.90 Å². The Kier molecular flexibility index (Phi) is 3.48. The molecule has 7 nitrogen and oxygen atoms in total. The maximum atomic E-state index is 12.9. The number of carbonyl (C=O) groups excluding carboxylic acids is 1. The molecule has 25 heavy (non-hydrogen) atoms. The van der Waals surface area contributed by atoms with Gasteiger partial charge in [0.2, 0.25) is 0 Å². The SMILES string of the molecule is O=C(c1n[nH]c2ccc(C(F)(F)F)cc12)N1CCC(c2ncn[nH]2)C1. The molecule has 4 rings (SSSR count). The van der Waals surface area contributed by atoms with Crippen LogP contribution in [0.3, 0.4) is 0 Å². The number of fused-ring (bicyclic) bond motifs is 1.